The summed E-state index contributed by atoms with van der Waals surface area (Å²) in [6, 6.07) is 6.07. The lowest BCUT2D eigenvalue weighted by molar-refractivity contribution is -0.118. The van der Waals surface area contributed by atoms with E-state index in [0.717, 1.165) is 12.1 Å². The molecule has 1 amide bonds. The van der Waals surface area contributed by atoms with Crippen LogP contribution in [-0.4, -0.2) is 26.1 Å². The van der Waals surface area contributed by atoms with Gasteiger partial charge in [0.2, 0.25) is 6.41 Å². The van der Waals surface area contributed by atoms with Gasteiger partial charge in [0.25, 0.3) is 0 Å². The molecule has 16 heavy (non-hydrogen) atoms. The summed E-state index contributed by atoms with van der Waals surface area (Å²) in [7, 11) is 0. The standard InChI is InChI=1S/C11H10N4O/c16-8-14-4-9-1-2-11(3-10(9)5-14)15-7-12-6-13-15/h1-3,6-8H,4-5H2. The minimum atomic E-state index is 0.682. The van der Waals surface area contributed by atoms with Gasteiger partial charge in [-0.1, -0.05) is 6.07 Å². The van der Waals surface area contributed by atoms with E-state index in [0.29, 0.717) is 13.1 Å². The van der Waals surface area contributed by atoms with Crippen molar-refractivity contribution in [1.82, 2.24) is 19.7 Å². The third-order valence-electron chi connectivity index (χ3n) is 2.77. The largest absolute Gasteiger partial charge is 0.337 e. The molecule has 5 nitrogen and oxygen atoms in total. The highest BCUT2D eigenvalue weighted by atomic mass is 16.1. The summed E-state index contributed by atoms with van der Waals surface area (Å²) >= 11 is 0. The van der Waals surface area contributed by atoms with Gasteiger partial charge in [-0.3, -0.25) is 4.79 Å². The first-order valence-electron chi connectivity index (χ1n) is 5.03. The average molecular weight is 214 g/mol. The second-order valence-electron chi connectivity index (χ2n) is 3.80. The lowest BCUT2D eigenvalue weighted by atomic mass is 10.1. The van der Waals surface area contributed by atoms with Gasteiger partial charge in [-0.2, -0.15) is 5.10 Å². The fourth-order valence-corrected chi connectivity index (χ4v) is 1.97. The van der Waals surface area contributed by atoms with Crippen LogP contribution in [0.1, 0.15) is 11.1 Å². The van der Waals surface area contributed by atoms with E-state index in [4.69, 9.17) is 0 Å². The first-order valence-corrected chi connectivity index (χ1v) is 5.03. The van der Waals surface area contributed by atoms with E-state index in [9.17, 15) is 4.79 Å². The molecule has 1 aromatic carbocycles. The Bertz CT molecular complexity index is 521. The molecule has 0 unspecified atom stereocenters. The molecular weight excluding hydrogens is 204 g/mol. The van der Waals surface area contributed by atoms with Crippen LogP contribution in [0.2, 0.25) is 0 Å². The number of aromatic nitrogens is 3. The second-order valence-corrected chi connectivity index (χ2v) is 3.80. The van der Waals surface area contributed by atoms with Crippen molar-refractivity contribution >= 4 is 6.41 Å². The molecule has 0 aliphatic carbocycles. The number of hydrogen-bond acceptors (Lipinski definition) is 3. The van der Waals surface area contributed by atoms with Gasteiger partial charge >= 0.3 is 0 Å². The van der Waals surface area contributed by atoms with Crippen molar-refractivity contribution in [3.05, 3.63) is 42.0 Å². The van der Waals surface area contributed by atoms with Crippen LogP contribution in [0.15, 0.2) is 30.9 Å². The van der Waals surface area contributed by atoms with Gasteiger partial charge in [-0.25, -0.2) is 9.67 Å². The third kappa shape index (κ3) is 1.37. The lowest BCUT2D eigenvalue weighted by Crippen LogP contribution is -2.12. The number of carbonyl (C=O) groups excluding carboxylic acids is 1. The fourth-order valence-electron chi connectivity index (χ4n) is 1.97. The number of nitrogens with zero attached hydrogens (tertiary/aromatic N) is 4. The van der Waals surface area contributed by atoms with Crippen LogP contribution in [-0.2, 0) is 17.9 Å². The summed E-state index contributed by atoms with van der Waals surface area (Å²) in [6.45, 7) is 1.39. The summed E-state index contributed by atoms with van der Waals surface area (Å²) in [6.07, 6.45) is 4.05. The van der Waals surface area contributed by atoms with Crippen molar-refractivity contribution in [2.75, 3.05) is 0 Å². The molecule has 2 heterocycles. The zero-order chi connectivity index (χ0) is 11.0. The van der Waals surface area contributed by atoms with E-state index in [1.165, 1.54) is 17.5 Å². The first kappa shape index (κ1) is 9.08. The highest BCUT2D eigenvalue weighted by Crippen LogP contribution is 2.23. The van der Waals surface area contributed by atoms with Crippen LogP contribution in [0.3, 0.4) is 0 Å². The molecule has 80 valence electrons. The monoisotopic (exact) mass is 214 g/mol. The minimum absolute atomic E-state index is 0.682. The van der Waals surface area contributed by atoms with Crippen molar-refractivity contribution in [2.45, 2.75) is 13.1 Å². The fraction of sp³-hybridized carbons (Fsp3) is 0.182. The summed E-state index contributed by atoms with van der Waals surface area (Å²) in [4.78, 5) is 16.3. The van der Waals surface area contributed by atoms with Crippen LogP contribution in [0.25, 0.3) is 5.69 Å². The zero-order valence-electron chi connectivity index (χ0n) is 8.58. The number of fused-ring (bicyclic) bond motifs is 1. The number of carbonyl (C=O) groups is 1. The predicted octanol–water partition coefficient (Wildman–Crippen LogP) is 0.739. The molecule has 0 bridgehead atoms. The molecule has 2 aromatic rings. The predicted molar refractivity (Wildman–Crippen MR) is 56.7 cm³/mol. The average Bonchev–Trinajstić information content (AvgIpc) is 2.96. The summed E-state index contributed by atoms with van der Waals surface area (Å²) in [5.74, 6) is 0. The molecule has 0 atom stereocenters. The molecule has 3 rings (SSSR count). The Morgan fingerprint density at radius 2 is 2.12 bits per heavy atom. The molecule has 0 saturated carbocycles. The Labute approximate surface area is 92.3 Å². The van der Waals surface area contributed by atoms with Crippen LogP contribution in [0.5, 0.6) is 0 Å². The molecule has 0 radical (unpaired) electrons. The number of hydrogen-bond donors (Lipinski definition) is 0. The maximum absolute atomic E-state index is 10.7. The van der Waals surface area contributed by atoms with Crippen molar-refractivity contribution in [3.63, 3.8) is 0 Å². The van der Waals surface area contributed by atoms with E-state index < -0.39 is 0 Å². The second kappa shape index (κ2) is 3.44. The molecule has 0 N–H and O–H groups in total. The number of benzene rings is 1. The topological polar surface area (TPSA) is 51.0 Å². The Morgan fingerprint density at radius 1 is 1.25 bits per heavy atom. The summed E-state index contributed by atoms with van der Waals surface area (Å²) < 4.78 is 1.71. The quantitative estimate of drug-likeness (QED) is 0.693. The molecule has 1 aliphatic heterocycles. The van der Waals surface area contributed by atoms with Gasteiger partial charge in [-0.05, 0) is 23.3 Å². The van der Waals surface area contributed by atoms with Crippen LogP contribution < -0.4 is 0 Å². The van der Waals surface area contributed by atoms with Gasteiger partial charge in [-0.15, -0.1) is 0 Å². The van der Waals surface area contributed by atoms with Crippen molar-refractivity contribution in [2.24, 2.45) is 0 Å². The Kier molecular flexibility index (Phi) is 1.96. The third-order valence-corrected chi connectivity index (χ3v) is 2.77. The SMILES string of the molecule is O=CN1Cc2ccc(-n3cncn3)cc2C1. The Morgan fingerprint density at radius 3 is 2.88 bits per heavy atom. The van der Waals surface area contributed by atoms with Gasteiger partial charge < -0.3 is 4.90 Å². The van der Waals surface area contributed by atoms with Crippen LogP contribution in [0, 0.1) is 0 Å². The smallest absolute Gasteiger partial charge is 0.210 e. The maximum Gasteiger partial charge on any atom is 0.210 e. The molecule has 0 saturated heterocycles. The normalized spacial score (nSPS) is 13.9. The molecule has 0 fully saturated rings. The van der Waals surface area contributed by atoms with E-state index >= 15 is 0 Å². The Balaban J connectivity index is 1.99. The van der Waals surface area contributed by atoms with Crippen molar-refractivity contribution in [3.8, 4) is 5.69 Å². The number of amides is 1. The molecule has 0 spiro atoms. The summed E-state index contributed by atoms with van der Waals surface area (Å²) in [5, 5.41) is 4.07. The van der Waals surface area contributed by atoms with Gasteiger partial charge in [0.05, 0.1) is 5.69 Å². The zero-order valence-corrected chi connectivity index (χ0v) is 8.58. The van der Waals surface area contributed by atoms with Gasteiger partial charge in [0, 0.05) is 13.1 Å². The van der Waals surface area contributed by atoms with Crippen LogP contribution in [0.4, 0.5) is 0 Å². The molecule has 1 aromatic heterocycles. The summed E-state index contributed by atoms with van der Waals surface area (Å²) in [5.41, 5.74) is 3.36. The Hall–Kier alpha value is -2.17. The highest BCUT2D eigenvalue weighted by Gasteiger charge is 2.17. The van der Waals surface area contributed by atoms with Crippen molar-refractivity contribution in [1.29, 1.82) is 0 Å². The lowest BCUT2D eigenvalue weighted by Gasteiger charge is -2.04. The molecular formula is C11H10N4O. The molecule has 1 aliphatic rings. The van der Waals surface area contributed by atoms with Crippen LogP contribution >= 0.6 is 0 Å². The minimum Gasteiger partial charge on any atom is -0.337 e. The number of rotatable bonds is 2. The van der Waals surface area contributed by atoms with Gasteiger partial charge in [0.15, 0.2) is 0 Å². The van der Waals surface area contributed by atoms with Gasteiger partial charge in [0.1, 0.15) is 12.7 Å². The molecule has 5 heteroatoms. The van der Waals surface area contributed by atoms with Crippen molar-refractivity contribution < 1.29 is 4.79 Å². The highest BCUT2D eigenvalue weighted by molar-refractivity contribution is 5.52. The van der Waals surface area contributed by atoms with E-state index in [2.05, 4.69) is 10.1 Å². The van der Waals surface area contributed by atoms with E-state index in [1.807, 2.05) is 18.2 Å². The van der Waals surface area contributed by atoms with E-state index in [-0.39, 0.29) is 0 Å². The maximum atomic E-state index is 10.7. The van der Waals surface area contributed by atoms with E-state index in [1.54, 1.807) is 15.9 Å². The first-order chi connectivity index (χ1) is 7.86.